The Hall–Kier alpha value is -0.790. The van der Waals surface area contributed by atoms with Gasteiger partial charge in [0.1, 0.15) is 6.04 Å². The Kier molecular flexibility index (Phi) is 8.06. The van der Waals surface area contributed by atoms with Gasteiger partial charge in [0.05, 0.1) is 0 Å². The molecule has 1 atom stereocenters. The highest BCUT2D eigenvalue weighted by atomic mass is 32.2. The van der Waals surface area contributed by atoms with E-state index in [1.54, 1.807) is 0 Å². The summed E-state index contributed by atoms with van der Waals surface area (Å²) in [6.07, 6.45) is 0.123. The number of carbonyl (C=O) groups excluding carboxylic acids is 1. The Morgan fingerprint density at radius 1 is 1.53 bits per heavy atom. The van der Waals surface area contributed by atoms with E-state index < -0.39 is 17.9 Å². The van der Waals surface area contributed by atoms with Gasteiger partial charge in [-0.1, -0.05) is 0 Å². The van der Waals surface area contributed by atoms with E-state index in [0.717, 1.165) is 0 Å². The van der Waals surface area contributed by atoms with Gasteiger partial charge in [-0.15, -0.1) is 11.8 Å². The van der Waals surface area contributed by atoms with Crippen LogP contribution in [-0.2, 0) is 9.59 Å². The predicted molar refractivity (Wildman–Crippen MR) is 59.4 cm³/mol. The van der Waals surface area contributed by atoms with Gasteiger partial charge in [0, 0.05) is 24.6 Å². The zero-order chi connectivity index (χ0) is 11.7. The second-order valence-corrected chi connectivity index (χ2v) is 4.11. The molecule has 15 heavy (non-hydrogen) atoms. The summed E-state index contributed by atoms with van der Waals surface area (Å²) in [5, 5.41) is 11.4. The maximum Gasteiger partial charge on any atom is 0.320 e. The minimum absolute atomic E-state index is 0.0213. The number of nitrogens with one attached hydrogen (secondary N) is 1. The molecule has 0 spiro atoms. The lowest BCUT2D eigenvalue weighted by atomic mass is 10.2. The molecule has 0 aromatic rings. The summed E-state index contributed by atoms with van der Waals surface area (Å²) in [7, 11) is 0. The number of aliphatic carboxylic acids is 1. The van der Waals surface area contributed by atoms with Crippen molar-refractivity contribution in [1.82, 2.24) is 5.32 Å². The summed E-state index contributed by atoms with van der Waals surface area (Å²) >= 11 is 1.96. The normalized spacial score (nSPS) is 16.3. The Balaban J connectivity index is 0.000000322. The summed E-state index contributed by atoms with van der Waals surface area (Å²) in [5.74, 6) is 0.831. The van der Waals surface area contributed by atoms with E-state index >= 15 is 0 Å². The molecule has 0 saturated carbocycles. The van der Waals surface area contributed by atoms with E-state index in [1.807, 2.05) is 11.8 Å². The monoisotopic (exact) mass is 235 g/mol. The van der Waals surface area contributed by atoms with E-state index in [9.17, 15) is 9.59 Å². The minimum atomic E-state index is -1.11. The van der Waals surface area contributed by atoms with Crippen LogP contribution in [0.25, 0.3) is 0 Å². The van der Waals surface area contributed by atoms with Crippen LogP contribution in [0.2, 0.25) is 0 Å². The van der Waals surface area contributed by atoms with Crippen molar-refractivity contribution in [3.63, 3.8) is 0 Å². The Bertz CT molecular complexity index is 202. The molecule has 1 fully saturated rings. The third-order valence-electron chi connectivity index (χ3n) is 1.65. The first kappa shape index (κ1) is 14.2. The first-order valence-corrected chi connectivity index (χ1v) is 5.74. The first-order valence-electron chi connectivity index (χ1n) is 4.59. The standard InChI is InChI=1S/C5H10N2O3.C3H7NS/c6-3(5(9)10)1-2-4(7)8;1-2-5-3-4-1/h3H,1-2,6H2,(H2,7,8)(H,9,10);4H,1-3H2. The Labute approximate surface area is 92.8 Å². The van der Waals surface area contributed by atoms with Gasteiger partial charge in [-0.05, 0) is 6.42 Å². The molecule has 1 rings (SSSR count). The first-order chi connectivity index (χ1) is 7.04. The number of primary amides is 1. The second-order valence-electron chi connectivity index (χ2n) is 3.00. The van der Waals surface area contributed by atoms with Gasteiger partial charge < -0.3 is 21.9 Å². The van der Waals surface area contributed by atoms with E-state index in [-0.39, 0.29) is 12.8 Å². The fourth-order valence-electron chi connectivity index (χ4n) is 0.782. The van der Waals surface area contributed by atoms with Crippen LogP contribution in [0.15, 0.2) is 0 Å². The van der Waals surface area contributed by atoms with E-state index in [4.69, 9.17) is 16.6 Å². The fourth-order valence-corrected chi connectivity index (χ4v) is 1.50. The third kappa shape index (κ3) is 9.51. The van der Waals surface area contributed by atoms with Gasteiger partial charge in [0.25, 0.3) is 0 Å². The number of carboxylic acid groups (broad SMARTS) is 1. The number of nitrogens with two attached hydrogens (primary N) is 2. The number of carbonyl (C=O) groups is 2. The van der Waals surface area contributed by atoms with Gasteiger partial charge in [-0.25, -0.2) is 0 Å². The van der Waals surface area contributed by atoms with Crippen LogP contribution in [0.4, 0.5) is 0 Å². The highest BCUT2D eigenvalue weighted by molar-refractivity contribution is 7.99. The Morgan fingerprint density at radius 2 is 2.20 bits per heavy atom. The van der Waals surface area contributed by atoms with Gasteiger partial charge in [0.15, 0.2) is 0 Å². The van der Waals surface area contributed by atoms with E-state index in [2.05, 4.69) is 5.32 Å². The summed E-state index contributed by atoms with van der Waals surface area (Å²) in [5.41, 5.74) is 9.81. The smallest absolute Gasteiger partial charge is 0.320 e. The number of carboxylic acids is 1. The average Bonchev–Trinajstić information content (AvgIpc) is 2.71. The molecule has 6 N–H and O–H groups in total. The lowest BCUT2D eigenvalue weighted by Gasteiger charge is -2.01. The van der Waals surface area contributed by atoms with Crippen molar-refractivity contribution in [3.8, 4) is 0 Å². The van der Waals surface area contributed by atoms with Crippen molar-refractivity contribution >= 4 is 23.6 Å². The molecule has 1 aliphatic heterocycles. The lowest BCUT2D eigenvalue weighted by Crippen LogP contribution is -2.31. The fraction of sp³-hybridized carbons (Fsp3) is 0.750. The van der Waals surface area contributed by atoms with E-state index in [0.29, 0.717) is 0 Å². The van der Waals surface area contributed by atoms with Crippen molar-refractivity contribution in [1.29, 1.82) is 0 Å². The highest BCUT2D eigenvalue weighted by Crippen LogP contribution is 1.99. The molecule has 1 aliphatic rings. The maximum absolute atomic E-state index is 10.1. The maximum atomic E-state index is 10.1. The zero-order valence-electron chi connectivity index (χ0n) is 8.44. The van der Waals surface area contributed by atoms with Crippen LogP contribution >= 0.6 is 11.8 Å². The van der Waals surface area contributed by atoms with Gasteiger partial charge >= 0.3 is 5.97 Å². The topological polar surface area (TPSA) is 118 Å². The van der Waals surface area contributed by atoms with Crippen LogP contribution in [0.1, 0.15) is 12.8 Å². The number of thioether (sulfide) groups is 1. The number of rotatable bonds is 4. The molecule has 0 bridgehead atoms. The van der Waals surface area contributed by atoms with Crippen LogP contribution in [0.3, 0.4) is 0 Å². The number of hydrogen-bond donors (Lipinski definition) is 4. The molecular formula is C8H17N3O3S. The zero-order valence-corrected chi connectivity index (χ0v) is 9.26. The number of amides is 1. The van der Waals surface area contributed by atoms with Crippen molar-refractivity contribution in [2.45, 2.75) is 18.9 Å². The molecule has 1 saturated heterocycles. The second kappa shape index (κ2) is 8.51. The molecule has 7 heteroatoms. The molecule has 6 nitrogen and oxygen atoms in total. The van der Waals surface area contributed by atoms with Crippen LogP contribution in [-0.4, -0.2) is 41.2 Å². The average molecular weight is 235 g/mol. The van der Waals surface area contributed by atoms with Crippen molar-refractivity contribution in [2.75, 3.05) is 18.2 Å². The summed E-state index contributed by atoms with van der Waals surface area (Å²) in [6, 6.07) is -0.979. The number of hydrogen-bond acceptors (Lipinski definition) is 5. The summed E-state index contributed by atoms with van der Waals surface area (Å²) < 4.78 is 0. The minimum Gasteiger partial charge on any atom is -0.480 e. The summed E-state index contributed by atoms with van der Waals surface area (Å²) in [6.45, 7) is 1.21. The van der Waals surface area contributed by atoms with Crippen LogP contribution < -0.4 is 16.8 Å². The molecule has 1 heterocycles. The van der Waals surface area contributed by atoms with E-state index in [1.165, 1.54) is 18.2 Å². The van der Waals surface area contributed by atoms with Gasteiger partial charge in [-0.3, -0.25) is 9.59 Å². The lowest BCUT2D eigenvalue weighted by molar-refractivity contribution is -0.138. The molecule has 0 aromatic heterocycles. The van der Waals surface area contributed by atoms with Crippen LogP contribution in [0.5, 0.6) is 0 Å². The van der Waals surface area contributed by atoms with Crippen LogP contribution in [0, 0.1) is 0 Å². The molecule has 88 valence electrons. The molecule has 0 aliphatic carbocycles. The third-order valence-corrected chi connectivity index (χ3v) is 2.55. The molecular weight excluding hydrogens is 218 g/mol. The predicted octanol–water partition coefficient (Wildman–Crippen LogP) is -1.06. The molecule has 0 radical (unpaired) electrons. The van der Waals surface area contributed by atoms with Crippen molar-refractivity contribution in [3.05, 3.63) is 0 Å². The molecule has 1 amide bonds. The SMILES string of the molecule is C1CSCN1.NC(=O)CCC(N)C(=O)O. The molecule has 1 unspecified atom stereocenters. The quantitative estimate of drug-likeness (QED) is 0.493. The Morgan fingerprint density at radius 3 is 2.47 bits per heavy atom. The largest absolute Gasteiger partial charge is 0.480 e. The van der Waals surface area contributed by atoms with Gasteiger partial charge in [-0.2, -0.15) is 0 Å². The highest BCUT2D eigenvalue weighted by Gasteiger charge is 2.11. The van der Waals surface area contributed by atoms with Gasteiger partial charge in [0.2, 0.25) is 5.91 Å². The summed E-state index contributed by atoms with van der Waals surface area (Å²) in [4.78, 5) is 20.1. The van der Waals surface area contributed by atoms with Crippen molar-refractivity contribution in [2.24, 2.45) is 11.5 Å². The van der Waals surface area contributed by atoms with Crippen molar-refractivity contribution < 1.29 is 14.7 Å². The molecule has 0 aromatic carbocycles.